The molecule has 0 radical (unpaired) electrons. The molecule has 1 fully saturated rings. The van der Waals surface area contributed by atoms with Gasteiger partial charge in [-0.1, -0.05) is 35.0 Å². The average Bonchev–Trinajstić information content (AvgIpc) is 3.21. The van der Waals surface area contributed by atoms with Crippen LogP contribution in [0.25, 0.3) is 0 Å². The molecule has 2 aromatic carbocycles. The first-order valence-electron chi connectivity index (χ1n) is 10.6. The summed E-state index contributed by atoms with van der Waals surface area (Å²) in [6.45, 7) is 0.829. The number of benzene rings is 2. The van der Waals surface area contributed by atoms with Gasteiger partial charge in [0.2, 0.25) is 5.37 Å². The summed E-state index contributed by atoms with van der Waals surface area (Å²) in [4.78, 5) is 3.82. The molecule has 0 aliphatic carbocycles. The van der Waals surface area contributed by atoms with Gasteiger partial charge in [0, 0.05) is 33.6 Å². The van der Waals surface area contributed by atoms with Crippen molar-refractivity contribution >= 4 is 78.3 Å². The molecule has 2 N–H and O–H groups in total. The molecule has 14 heteroatoms. The van der Waals surface area contributed by atoms with Gasteiger partial charge in [-0.25, -0.2) is 4.48 Å². The molecule has 3 heterocycles. The van der Waals surface area contributed by atoms with Gasteiger partial charge in [0.05, 0.1) is 29.3 Å². The predicted octanol–water partition coefficient (Wildman–Crippen LogP) is 5.08. The Labute approximate surface area is 222 Å². The smallest absolute Gasteiger partial charge is 0.320 e. The number of quaternary nitrogens is 1. The second-order valence-corrected chi connectivity index (χ2v) is 14.8. The summed E-state index contributed by atoms with van der Waals surface area (Å²) in [5, 5.41) is 0.458. The summed E-state index contributed by atoms with van der Waals surface area (Å²) in [6.07, 6.45) is 2.48. The molecule has 5 rings (SSSR count). The summed E-state index contributed by atoms with van der Waals surface area (Å²) < 4.78 is 66.4. The number of fused-ring (bicyclic) bond motifs is 3. The van der Waals surface area contributed by atoms with Gasteiger partial charge in [0.15, 0.2) is 10.7 Å². The van der Waals surface area contributed by atoms with Crippen LogP contribution in [-0.2, 0) is 20.2 Å². The van der Waals surface area contributed by atoms with E-state index in [1.807, 2.05) is 23.1 Å². The molecule has 0 bridgehead atoms. The Morgan fingerprint density at radius 2 is 1.74 bits per heavy atom. The van der Waals surface area contributed by atoms with E-state index in [0.717, 1.165) is 26.2 Å². The third-order valence-electron chi connectivity index (χ3n) is 6.39. The lowest BCUT2D eigenvalue weighted by Crippen LogP contribution is -2.67. The van der Waals surface area contributed by atoms with Gasteiger partial charge >= 0.3 is 10.1 Å². The quantitative estimate of drug-likeness (QED) is 0.348. The van der Waals surface area contributed by atoms with Crippen LogP contribution in [0, 0.1) is 0 Å². The molecular weight excluding hydrogens is 575 g/mol. The first-order valence-corrected chi connectivity index (χ1v) is 16.2. The van der Waals surface area contributed by atoms with Gasteiger partial charge < -0.3 is 4.90 Å². The van der Waals surface area contributed by atoms with E-state index in [0.29, 0.717) is 29.6 Å². The first-order chi connectivity index (χ1) is 16.4. The highest BCUT2D eigenvalue weighted by Crippen LogP contribution is 2.59. The SMILES string of the molecule is O=S(=O)(O)CCCN1c2cc(Cl)ccc2SC1C=C1Sc2ccc(Cl)cc2[N+]12CCC2S(=O)(=O)O. The van der Waals surface area contributed by atoms with Crippen LogP contribution >= 0.6 is 46.7 Å². The lowest BCUT2D eigenvalue weighted by Gasteiger charge is -2.47. The Morgan fingerprint density at radius 1 is 1.06 bits per heavy atom. The van der Waals surface area contributed by atoms with Crippen molar-refractivity contribution in [2.45, 2.75) is 33.4 Å². The summed E-state index contributed by atoms with van der Waals surface area (Å²) >= 11 is 15.5. The zero-order chi connectivity index (χ0) is 25.2. The third-order valence-corrected chi connectivity index (χ3v) is 11.4. The predicted molar refractivity (Wildman–Crippen MR) is 141 cm³/mol. The average molecular weight is 597 g/mol. The van der Waals surface area contributed by atoms with E-state index in [2.05, 4.69) is 0 Å². The van der Waals surface area contributed by atoms with E-state index in [9.17, 15) is 25.9 Å². The molecule has 0 amide bonds. The van der Waals surface area contributed by atoms with E-state index >= 15 is 0 Å². The van der Waals surface area contributed by atoms with Crippen molar-refractivity contribution in [3.8, 4) is 0 Å². The Kier molecular flexibility index (Phi) is 6.68. The maximum atomic E-state index is 12.3. The molecule has 2 aromatic rings. The van der Waals surface area contributed by atoms with Crippen LogP contribution in [0.4, 0.5) is 11.4 Å². The molecule has 3 unspecified atom stereocenters. The number of anilines is 1. The van der Waals surface area contributed by atoms with Gasteiger partial charge in [-0.05, 0) is 48.5 Å². The van der Waals surface area contributed by atoms with E-state index < -0.39 is 25.6 Å². The number of nitrogens with zero attached hydrogens (tertiary/aromatic N) is 2. The minimum atomic E-state index is -4.34. The Bertz CT molecular complexity index is 1450. The highest BCUT2D eigenvalue weighted by Gasteiger charge is 2.62. The van der Waals surface area contributed by atoms with Crippen molar-refractivity contribution in [1.29, 1.82) is 0 Å². The van der Waals surface area contributed by atoms with Crippen LogP contribution in [-0.4, -0.2) is 55.5 Å². The fourth-order valence-corrected chi connectivity index (χ4v) is 9.60. The van der Waals surface area contributed by atoms with Crippen molar-refractivity contribution in [2.75, 3.05) is 23.7 Å². The fourth-order valence-electron chi connectivity index (χ4n) is 4.82. The van der Waals surface area contributed by atoms with Crippen molar-refractivity contribution in [3.63, 3.8) is 0 Å². The zero-order valence-corrected chi connectivity index (χ0v) is 22.8. The minimum absolute atomic E-state index is 0.0214. The number of halogens is 2. The van der Waals surface area contributed by atoms with Gasteiger partial charge in [0.25, 0.3) is 10.1 Å². The van der Waals surface area contributed by atoms with Gasteiger partial charge in [-0.15, -0.1) is 0 Å². The summed E-state index contributed by atoms with van der Waals surface area (Å²) in [7, 11) is -8.45. The molecule has 0 aromatic heterocycles. The minimum Gasteiger partial charge on any atom is -0.354 e. The number of hydrogen-bond donors (Lipinski definition) is 2. The Hall–Kier alpha value is -0.960. The largest absolute Gasteiger partial charge is 0.354 e. The maximum Gasteiger partial charge on any atom is 0.320 e. The van der Waals surface area contributed by atoms with Crippen molar-refractivity contribution < 1.29 is 25.9 Å². The van der Waals surface area contributed by atoms with Crippen LogP contribution in [0.1, 0.15) is 12.8 Å². The van der Waals surface area contributed by atoms with Crippen LogP contribution in [0.5, 0.6) is 0 Å². The number of rotatable bonds is 6. The van der Waals surface area contributed by atoms with E-state index in [1.165, 1.54) is 11.8 Å². The lowest BCUT2D eigenvalue weighted by atomic mass is 10.1. The molecular formula is C21H21Cl2N2O6S4+. The van der Waals surface area contributed by atoms with Gasteiger partial charge in [-0.3, -0.25) is 9.11 Å². The number of thioether (sulfide) groups is 2. The Morgan fingerprint density at radius 3 is 2.37 bits per heavy atom. The molecule has 8 nitrogen and oxygen atoms in total. The molecule has 0 saturated carbocycles. The van der Waals surface area contributed by atoms with Crippen LogP contribution in [0.3, 0.4) is 0 Å². The van der Waals surface area contributed by atoms with Crippen LogP contribution in [0.15, 0.2) is 57.3 Å². The standard InChI is InChI=1S/C21H20Cl2N2O6S4/c22-13-2-4-17-15(10-13)24(7-1-9-34(26,27)28)19(32-17)12-20-25(8-6-21(25)35(29,30)31)16-11-14(23)3-5-18(16)33-20/h2-5,10-12,19,21H,1,6-9H2,(H-,26,27,28,29,30,31)/p+1. The van der Waals surface area contributed by atoms with Gasteiger partial charge in [0.1, 0.15) is 5.37 Å². The van der Waals surface area contributed by atoms with E-state index in [1.54, 1.807) is 36.0 Å². The molecule has 1 spiro atoms. The monoisotopic (exact) mass is 595 g/mol. The second kappa shape index (κ2) is 9.10. The topological polar surface area (TPSA) is 112 Å². The van der Waals surface area contributed by atoms with Crippen molar-refractivity contribution in [2.24, 2.45) is 0 Å². The second-order valence-electron chi connectivity index (χ2n) is 8.52. The molecule has 1 saturated heterocycles. The summed E-state index contributed by atoms with van der Waals surface area (Å²) in [5.74, 6) is -0.378. The van der Waals surface area contributed by atoms with Crippen LogP contribution < -0.4 is 9.38 Å². The van der Waals surface area contributed by atoms with Gasteiger partial charge in [-0.2, -0.15) is 16.8 Å². The normalized spacial score (nSPS) is 26.7. The number of hydrogen-bond acceptors (Lipinski definition) is 7. The highest BCUT2D eigenvalue weighted by molar-refractivity contribution is 8.04. The summed E-state index contributed by atoms with van der Waals surface area (Å²) in [6, 6.07) is 10.8. The van der Waals surface area contributed by atoms with Crippen molar-refractivity contribution in [1.82, 2.24) is 4.48 Å². The molecule has 3 aliphatic rings. The third kappa shape index (κ3) is 4.73. The van der Waals surface area contributed by atoms with E-state index in [-0.39, 0.29) is 22.0 Å². The molecule has 35 heavy (non-hydrogen) atoms. The lowest BCUT2D eigenvalue weighted by molar-refractivity contribution is 0.204. The summed E-state index contributed by atoms with van der Waals surface area (Å²) in [5.41, 5.74) is 1.58. The van der Waals surface area contributed by atoms with E-state index in [4.69, 9.17) is 23.2 Å². The Balaban J connectivity index is 1.56. The molecule has 3 aliphatic heterocycles. The fraction of sp³-hybridized carbons (Fsp3) is 0.333. The maximum absolute atomic E-state index is 12.3. The highest BCUT2D eigenvalue weighted by atomic mass is 35.5. The molecule has 3 atom stereocenters. The van der Waals surface area contributed by atoms with Crippen LogP contribution in [0.2, 0.25) is 10.0 Å². The molecule has 188 valence electrons. The first kappa shape index (κ1) is 25.7. The van der Waals surface area contributed by atoms with Crippen molar-refractivity contribution in [3.05, 3.63) is 57.5 Å². The zero-order valence-electron chi connectivity index (χ0n) is 18.0.